The Bertz CT molecular complexity index is 342. The highest BCUT2D eigenvalue weighted by Gasteiger charge is 2.44. The predicted octanol–water partition coefficient (Wildman–Crippen LogP) is 3.14. The second-order valence-corrected chi connectivity index (χ2v) is 4.57. The summed E-state index contributed by atoms with van der Waals surface area (Å²) in [6.07, 6.45) is -0.122. The maximum atomic E-state index is 13.2. The zero-order valence-corrected chi connectivity index (χ0v) is 9.63. The second kappa shape index (κ2) is 4.68. The third-order valence-corrected chi connectivity index (χ3v) is 3.25. The lowest BCUT2D eigenvalue weighted by Gasteiger charge is -2.21. The molecule has 1 fully saturated rings. The first-order valence-corrected chi connectivity index (χ1v) is 5.86. The van der Waals surface area contributed by atoms with Crippen LogP contribution < -0.4 is 0 Å². The van der Waals surface area contributed by atoms with Crippen LogP contribution in [0.2, 0.25) is 0 Å². The molecule has 1 aliphatic rings. The highest BCUT2D eigenvalue weighted by molar-refractivity contribution is 6.18. The van der Waals surface area contributed by atoms with Crippen LogP contribution >= 0.6 is 11.6 Å². The van der Waals surface area contributed by atoms with Crippen LogP contribution in [0.25, 0.3) is 0 Å². The Morgan fingerprint density at radius 3 is 2.62 bits per heavy atom. The summed E-state index contributed by atoms with van der Waals surface area (Å²) in [5.41, 5.74) is 1.05. The van der Waals surface area contributed by atoms with Gasteiger partial charge >= 0.3 is 0 Å². The van der Waals surface area contributed by atoms with Gasteiger partial charge in [0.1, 0.15) is 0 Å². The van der Waals surface area contributed by atoms with Gasteiger partial charge in [-0.05, 0) is 5.56 Å². The number of hydrogen-bond donors (Lipinski definition) is 0. The van der Waals surface area contributed by atoms with Crippen LogP contribution in [0.4, 0.5) is 8.78 Å². The normalized spacial score (nSPS) is 24.8. The van der Waals surface area contributed by atoms with Crippen molar-refractivity contribution in [3.63, 3.8) is 0 Å². The minimum absolute atomic E-state index is 0.122. The monoisotopic (exact) mass is 245 g/mol. The minimum Gasteiger partial charge on any atom is -0.289 e. The lowest BCUT2D eigenvalue weighted by atomic mass is 10.2. The lowest BCUT2D eigenvalue weighted by molar-refractivity contribution is 0.0114. The van der Waals surface area contributed by atoms with E-state index in [1.807, 2.05) is 30.3 Å². The molecule has 2 rings (SSSR count). The first-order chi connectivity index (χ1) is 7.61. The van der Waals surface area contributed by atoms with Gasteiger partial charge in [0.25, 0.3) is 5.92 Å². The Balaban J connectivity index is 2.04. The largest absolute Gasteiger partial charge is 0.289 e. The third-order valence-electron chi connectivity index (χ3n) is 2.89. The zero-order chi connectivity index (χ0) is 11.6. The van der Waals surface area contributed by atoms with Crippen LogP contribution in [0, 0.1) is 0 Å². The Kier molecular flexibility index (Phi) is 3.45. The molecule has 0 amide bonds. The molecule has 0 N–H and O–H groups in total. The van der Waals surface area contributed by atoms with Crippen LogP contribution in [0.3, 0.4) is 0 Å². The average Bonchev–Trinajstić information content (AvgIpc) is 2.54. The molecule has 1 heterocycles. The molecule has 0 bridgehead atoms. The molecule has 1 aliphatic heterocycles. The first kappa shape index (κ1) is 11.8. The topological polar surface area (TPSA) is 3.24 Å². The van der Waals surface area contributed by atoms with Gasteiger partial charge in [0.2, 0.25) is 0 Å². The van der Waals surface area contributed by atoms with Crippen LogP contribution in [0.15, 0.2) is 30.3 Å². The number of halogens is 3. The Hall–Kier alpha value is -0.670. The molecule has 1 aromatic carbocycles. The van der Waals surface area contributed by atoms with Gasteiger partial charge in [-0.15, -0.1) is 11.6 Å². The summed E-state index contributed by atoms with van der Waals surface area (Å²) >= 11 is 5.72. The number of hydrogen-bond acceptors (Lipinski definition) is 1. The van der Waals surface area contributed by atoms with E-state index in [1.165, 1.54) is 0 Å². The molecule has 1 saturated heterocycles. The summed E-state index contributed by atoms with van der Waals surface area (Å²) in [4.78, 5) is 1.77. The molecule has 1 nitrogen and oxygen atoms in total. The molecule has 0 aliphatic carbocycles. The van der Waals surface area contributed by atoms with Gasteiger partial charge in [0, 0.05) is 24.9 Å². The number of nitrogens with zero attached hydrogens (tertiary/aromatic N) is 1. The average molecular weight is 246 g/mol. The van der Waals surface area contributed by atoms with E-state index in [-0.39, 0.29) is 24.9 Å². The van der Waals surface area contributed by atoms with E-state index in [0.717, 1.165) is 5.56 Å². The molecule has 88 valence electrons. The molecule has 1 aromatic rings. The molecular weight excluding hydrogens is 232 g/mol. The fourth-order valence-electron chi connectivity index (χ4n) is 2.12. The maximum absolute atomic E-state index is 13.2. The molecular formula is C12H14ClF2N. The van der Waals surface area contributed by atoms with E-state index in [1.54, 1.807) is 4.90 Å². The van der Waals surface area contributed by atoms with E-state index in [0.29, 0.717) is 6.54 Å². The molecule has 0 spiro atoms. The van der Waals surface area contributed by atoms with Crippen molar-refractivity contribution in [2.24, 2.45) is 0 Å². The van der Waals surface area contributed by atoms with Crippen molar-refractivity contribution in [2.75, 3.05) is 12.4 Å². The Morgan fingerprint density at radius 2 is 2.00 bits per heavy atom. The lowest BCUT2D eigenvalue weighted by Crippen LogP contribution is -2.31. The number of alkyl halides is 3. The third kappa shape index (κ3) is 2.71. The van der Waals surface area contributed by atoms with E-state index in [9.17, 15) is 8.78 Å². The van der Waals surface area contributed by atoms with Crippen LogP contribution in [-0.4, -0.2) is 29.3 Å². The van der Waals surface area contributed by atoms with E-state index < -0.39 is 5.92 Å². The quantitative estimate of drug-likeness (QED) is 0.740. The van der Waals surface area contributed by atoms with Crippen molar-refractivity contribution < 1.29 is 8.78 Å². The van der Waals surface area contributed by atoms with Gasteiger partial charge in [0.05, 0.1) is 6.54 Å². The highest BCUT2D eigenvalue weighted by Crippen LogP contribution is 2.33. The van der Waals surface area contributed by atoms with E-state index in [4.69, 9.17) is 11.6 Å². The summed E-state index contributed by atoms with van der Waals surface area (Å²) in [5.74, 6) is -2.32. The van der Waals surface area contributed by atoms with Gasteiger partial charge in [-0.1, -0.05) is 30.3 Å². The molecule has 1 unspecified atom stereocenters. The first-order valence-electron chi connectivity index (χ1n) is 5.32. The highest BCUT2D eigenvalue weighted by atomic mass is 35.5. The molecule has 0 saturated carbocycles. The van der Waals surface area contributed by atoms with E-state index >= 15 is 0 Å². The van der Waals surface area contributed by atoms with Gasteiger partial charge in [-0.3, -0.25) is 4.90 Å². The second-order valence-electron chi connectivity index (χ2n) is 4.26. The van der Waals surface area contributed by atoms with Gasteiger partial charge in [0.15, 0.2) is 0 Å². The number of likely N-dealkylation sites (tertiary alicyclic amines) is 1. The molecule has 0 aromatic heterocycles. The standard InChI is InChI=1S/C12H14ClF2N/c13-7-11-6-12(14,15)9-16(11)8-10-4-2-1-3-5-10/h1-5,11H,6-9H2. The maximum Gasteiger partial charge on any atom is 0.262 e. The predicted molar refractivity (Wildman–Crippen MR) is 60.9 cm³/mol. The molecule has 0 radical (unpaired) electrons. The van der Waals surface area contributed by atoms with Gasteiger partial charge < -0.3 is 0 Å². The summed E-state index contributed by atoms with van der Waals surface area (Å²) in [6, 6.07) is 9.43. The molecule has 16 heavy (non-hydrogen) atoms. The number of rotatable bonds is 3. The van der Waals surface area contributed by atoms with Crippen LogP contribution in [0.5, 0.6) is 0 Å². The molecule has 4 heteroatoms. The van der Waals surface area contributed by atoms with Crippen LogP contribution in [-0.2, 0) is 6.54 Å². The fraction of sp³-hybridized carbons (Fsp3) is 0.500. The van der Waals surface area contributed by atoms with Crippen molar-refractivity contribution in [1.29, 1.82) is 0 Å². The fourth-order valence-corrected chi connectivity index (χ4v) is 2.42. The van der Waals surface area contributed by atoms with Crippen molar-refractivity contribution >= 4 is 11.6 Å². The smallest absolute Gasteiger partial charge is 0.262 e. The summed E-state index contributed by atoms with van der Waals surface area (Å²) < 4.78 is 26.5. The van der Waals surface area contributed by atoms with Crippen molar-refractivity contribution in [3.8, 4) is 0 Å². The Labute approximate surface area is 99.0 Å². The van der Waals surface area contributed by atoms with Gasteiger partial charge in [-0.25, -0.2) is 8.78 Å². The van der Waals surface area contributed by atoms with Crippen molar-refractivity contribution in [1.82, 2.24) is 4.90 Å². The van der Waals surface area contributed by atoms with E-state index in [2.05, 4.69) is 0 Å². The zero-order valence-electron chi connectivity index (χ0n) is 8.87. The molecule has 1 atom stereocenters. The summed E-state index contributed by atoms with van der Waals surface area (Å²) in [5, 5.41) is 0. The Morgan fingerprint density at radius 1 is 1.31 bits per heavy atom. The number of benzene rings is 1. The summed E-state index contributed by atoms with van der Waals surface area (Å²) in [7, 11) is 0. The van der Waals surface area contributed by atoms with Crippen molar-refractivity contribution in [3.05, 3.63) is 35.9 Å². The van der Waals surface area contributed by atoms with Crippen molar-refractivity contribution in [2.45, 2.75) is 24.9 Å². The summed E-state index contributed by atoms with van der Waals surface area (Å²) in [6.45, 7) is 0.368. The minimum atomic E-state index is -2.59. The SMILES string of the molecule is FC1(F)CC(CCl)N(Cc2ccccc2)C1. The van der Waals surface area contributed by atoms with Crippen LogP contribution in [0.1, 0.15) is 12.0 Å². The van der Waals surface area contributed by atoms with Gasteiger partial charge in [-0.2, -0.15) is 0 Å².